The third kappa shape index (κ3) is 2.08. The van der Waals surface area contributed by atoms with Crippen LogP contribution in [0, 0.1) is 0 Å². The fourth-order valence-corrected chi connectivity index (χ4v) is 1.20. The van der Waals surface area contributed by atoms with E-state index in [2.05, 4.69) is 0 Å². The lowest BCUT2D eigenvalue weighted by Gasteiger charge is -2.12. The molecule has 1 nitrogen and oxygen atoms in total. The van der Waals surface area contributed by atoms with Crippen molar-refractivity contribution in [2.24, 2.45) is 0 Å². The highest BCUT2D eigenvalue weighted by molar-refractivity contribution is 6.28. The van der Waals surface area contributed by atoms with Crippen LogP contribution in [0.15, 0.2) is 30.3 Å². The molecule has 0 fully saturated rings. The van der Waals surface area contributed by atoms with Gasteiger partial charge in [-0.2, -0.15) is 0 Å². The predicted octanol–water partition coefficient (Wildman–Crippen LogP) is 2.60. The second-order valence-electron chi connectivity index (χ2n) is 2.78. The van der Waals surface area contributed by atoms with Gasteiger partial charge in [0.25, 0.3) is 0 Å². The first-order valence-electron chi connectivity index (χ1n) is 3.90. The SMILES string of the molecule is C[C@@H](c1ccccc1)[C@@H](Cl)C=O. The molecule has 0 amide bonds. The van der Waals surface area contributed by atoms with Gasteiger partial charge in [-0.15, -0.1) is 11.6 Å². The van der Waals surface area contributed by atoms with E-state index in [1.165, 1.54) is 0 Å². The molecule has 0 aliphatic carbocycles. The number of carbonyl (C=O) groups is 1. The Bertz CT molecular complexity index is 245. The Labute approximate surface area is 77.4 Å². The van der Waals surface area contributed by atoms with Gasteiger partial charge in [0.1, 0.15) is 6.29 Å². The Morgan fingerprint density at radius 3 is 2.42 bits per heavy atom. The number of halogens is 1. The molecule has 0 saturated heterocycles. The van der Waals surface area contributed by atoms with E-state index in [0.717, 1.165) is 11.8 Å². The van der Waals surface area contributed by atoms with E-state index in [-0.39, 0.29) is 5.92 Å². The molecule has 0 aromatic heterocycles. The van der Waals surface area contributed by atoms with E-state index in [9.17, 15) is 4.79 Å². The maximum Gasteiger partial charge on any atom is 0.138 e. The molecule has 0 saturated carbocycles. The molecule has 1 aromatic carbocycles. The highest BCUT2D eigenvalue weighted by Crippen LogP contribution is 2.21. The summed E-state index contributed by atoms with van der Waals surface area (Å²) in [6, 6.07) is 9.79. The second kappa shape index (κ2) is 4.27. The van der Waals surface area contributed by atoms with Gasteiger partial charge in [0.05, 0.1) is 5.38 Å². The van der Waals surface area contributed by atoms with Gasteiger partial charge in [-0.1, -0.05) is 37.3 Å². The zero-order valence-corrected chi connectivity index (χ0v) is 7.66. The normalized spacial score (nSPS) is 15.2. The number of benzene rings is 1. The highest BCUT2D eigenvalue weighted by Gasteiger charge is 2.14. The van der Waals surface area contributed by atoms with Crippen molar-refractivity contribution in [2.45, 2.75) is 18.2 Å². The van der Waals surface area contributed by atoms with Crippen molar-refractivity contribution in [1.29, 1.82) is 0 Å². The van der Waals surface area contributed by atoms with Crippen LogP contribution in [0.2, 0.25) is 0 Å². The topological polar surface area (TPSA) is 17.1 Å². The third-order valence-electron chi connectivity index (χ3n) is 1.93. The summed E-state index contributed by atoms with van der Waals surface area (Å²) in [6.07, 6.45) is 0.777. The molecule has 2 atom stereocenters. The van der Waals surface area contributed by atoms with Crippen molar-refractivity contribution in [3.63, 3.8) is 0 Å². The molecule has 0 radical (unpaired) electrons. The van der Waals surface area contributed by atoms with Crippen molar-refractivity contribution >= 4 is 17.9 Å². The van der Waals surface area contributed by atoms with Crippen LogP contribution >= 0.6 is 11.6 Å². The summed E-state index contributed by atoms with van der Waals surface area (Å²) in [6.45, 7) is 1.95. The summed E-state index contributed by atoms with van der Waals surface area (Å²) >= 11 is 5.78. The van der Waals surface area contributed by atoms with Crippen molar-refractivity contribution < 1.29 is 4.79 Å². The van der Waals surface area contributed by atoms with Crippen molar-refractivity contribution in [3.05, 3.63) is 35.9 Å². The molecule has 0 spiro atoms. The minimum Gasteiger partial charge on any atom is -0.302 e. The van der Waals surface area contributed by atoms with Crippen LogP contribution in [-0.4, -0.2) is 11.7 Å². The summed E-state index contributed by atoms with van der Waals surface area (Å²) in [5.41, 5.74) is 1.10. The third-order valence-corrected chi connectivity index (χ3v) is 2.41. The van der Waals surface area contributed by atoms with Crippen LogP contribution in [-0.2, 0) is 4.79 Å². The summed E-state index contributed by atoms with van der Waals surface area (Å²) < 4.78 is 0. The number of alkyl halides is 1. The summed E-state index contributed by atoms with van der Waals surface area (Å²) in [4.78, 5) is 10.4. The standard InChI is InChI=1S/C10H11ClO/c1-8(10(11)7-12)9-5-3-2-4-6-9/h2-8,10H,1H3/t8-,10-/m0/s1. The van der Waals surface area contributed by atoms with E-state index in [1.807, 2.05) is 37.3 Å². The van der Waals surface area contributed by atoms with Crippen LogP contribution in [0.25, 0.3) is 0 Å². The van der Waals surface area contributed by atoms with Crippen molar-refractivity contribution in [2.75, 3.05) is 0 Å². The number of rotatable bonds is 3. The molecular formula is C10H11ClO. The number of hydrogen-bond donors (Lipinski definition) is 0. The Hall–Kier alpha value is -0.820. The molecule has 1 rings (SSSR count). The van der Waals surface area contributed by atoms with E-state index in [0.29, 0.717) is 0 Å². The predicted molar refractivity (Wildman–Crippen MR) is 50.6 cm³/mol. The molecule has 0 aliphatic heterocycles. The van der Waals surface area contributed by atoms with Crippen LogP contribution in [0.4, 0.5) is 0 Å². The fourth-order valence-electron chi connectivity index (χ4n) is 1.06. The maximum atomic E-state index is 10.4. The molecule has 0 unspecified atom stereocenters. The van der Waals surface area contributed by atoms with Crippen LogP contribution in [0.5, 0.6) is 0 Å². The quantitative estimate of drug-likeness (QED) is 0.519. The van der Waals surface area contributed by atoms with Gasteiger partial charge in [0.2, 0.25) is 0 Å². The highest BCUT2D eigenvalue weighted by atomic mass is 35.5. The van der Waals surface area contributed by atoms with E-state index >= 15 is 0 Å². The van der Waals surface area contributed by atoms with Crippen LogP contribution in [0.3, 0.4) is 0 Å². The van der Waals surface area contributed by atoms with Crippen LogP contribution < -0.4 is 0 Å². The monoisotopic (exact) mass is 182 g/mol. The van der Waals surface area contributed by atoms with Gasteiger partial charge in [0, 0.05) is 5.92 Å². The minimum atomic E-state index is -0.424. The summed E-state index contributed by atoms with van der Waals surface area (Å²) in [5.74, 6) is 0.0883. The average Bonchev–Trinajstić information content (AvgIpc) is 2.17. The number of aldehydes is 1. The van der Waals surface area contributed by atoms with E-state index in [1.54, 1.807) is 0 Å². The van der Waals surface area contributed by atoms with Gasteiger partial charge in [0.15, 0.2) is 0 Å². The lowest BCUT2D eigenvalue weighted by molar-refractivity contribution is -0.107. The van der Waals surface area contributed by atoms with Crippen molar-refractivity contribution in [3.8, 4) is 0 Å². The maximum absolute atomic E-state index is 10.4. The van der Waals surface area contributed by atoms with Crippen molar-refractivity contribution in [1.82, 2.24) is 0 Å². The average molecular weight is 183 g/mol. The van der Waals surface area contributed by atoms with Gasteiger partial charge in [-0.05, 0) is 5.56 Å². The molecule has 0 heterocycles. The van der Waals surface area contributed by atoms with E-state index < -0.39 is 5.38 Å². The van der Waals surface area contributed by atoms with E-state index in [4.69, 9.17) is 11.6 Å². The lowest BCUT2D eigenvalue weighted by Crippen LogP contribution is -2.10. The molecule has 64 valence electrons. The molecule has 0 bridgehead atoms. The smallest absolute Gasteiger partial charge is 0.138 e. The van der Waals surface area contributed by atoms with Gasteiger partial charge < -0.3 is 4.79 Å². The Morgan fingerprint density at radius 2 is 1.92 bits per heavy atom. The van der Waals surface area contributed by atoms with Gasteiger partial charge >= 0.3 is 0 Å². The van der Waals surface area contributed by atoms with Gasteiger partial charge in [-0.3, -0.25) is 0 Å². The molecular weight excluding hydrogens is 172 g/mol. The molecule has 12 heavy (non-hydrogen) atoms. The van der Waals surface area contributed by atoms with Gasteiger partial charge in [-0.25, -0.2) is 0 Å². The first-order valence-corrected chi connectivity index (χ1v) is 4.33. The minimum absolute atomic E-state index is 0.0883. The lowest BCUT2D eigenvalue weighted by atomic mass is 9.98. The zero-order valence-electron chi connectivity index (χ0n) is 6.91. The molecule has 0 N–H and O–H groups in total. The fraction of sp³-hybridized carbons (Fsp3) is 0.300. The molecule has 0 aliphatic rings. The number of hydrogen-bond acceptors (Lipinski definition) is 1. The largest absolute Gasteiger partial charge is 0.302 e. The second-order valence-corrected chi connectivity index (χ2v) is 3.28. The Morgan fingerprint density at radius 1 is 1.33 bits per heavy atom. The Balaban J connectivity index is 2.78. The first kappa shape index (κ1) is 9.27. The number of carbonyl (C=O) groups excluding carboxylic acids is 1. The Kier molecular flexibility index (Phi) is 3.30. The first-order chi connectivity index (χ1) is 5.75. The van der Waals surface area contributed by atoms with Crippen LogP contribution in [0.1, 0.15) is 18.4 Å². The summed E-state index contributed by atoms with van der Waals surface area (Å²) in [5, 5.41) is -0.424. The summed E-state index contributed by atoms with van der Waals surface area (Å²) in [7, 11) is 0. The zero-order chi connectivity index (χ0) is 8.97. The molecule has 2 heteroatoms. The molecule has 1 aromatic rings.